The monoisotopic (exact) mass is 755 g/mol. The quantitative estimate of drug-likeness (QED) is 0.0889. The van der Waals surface area contributed by atoms with Gasteiger partial charge < -0.3 is 4.90 Å². The lowest BCUT2D eigenvalue weighted by atomic mass is 9.55. The minimum absolute atomic E-state index is 0.397. The minimum atomic E-state index is -0.397. The van der Waals surface area contributed by atoms with Crippen LogP contribution in [0.5, 0.6) is 0 Å². The molecule has 0 aliphatic heterocycles. The number of terminal acetylenes is 1. The summed E-state index contributed by atoms with van der Waals surface area (Å²) in [5.41, 5.74) is 11.2. The van der Waals surface area contributed by atoms with Crippen LogP contribution in [-0.4, -0.2) is 6.54 Å². The number of allylic oxidation sites excluding steroid dienone is 5. The summed E-state index contributed by atoms with van der Waals surface area (Å²) < 4.78 is 2.66. The van der Waals surface area contributed by atoms with Crippen LogP contribution in [0.15, 0.2) is 189 Å². The second-order valence-corrected chi connectivity index (χ2v) is 16.2. The number of hydrogen-bond acceptors (Lipinski definition) is 2. The first-order valence-corrected chi connectivity index (χ1v) is 20.6. The standard InChI is InChI=1S/C56H37NS/c1-3-5-7-28-49-47-35-41(36-48-53-50(56(49,54(47)48)40-22-8-6-9-23-40)31-30-46-45-27-16-17-29-52(45)58-55(46)53)57(33-32-38-20-11-10-19-37(38)18-4-2)51-34-39-21-12-13-24-42(39)43-25-14-15-26-44(43)51/h2-3,5-32,34-36H,1,33H2/b7-5-,37-18-,38-32-,49-28+. The molecule has 0 amide bonds. The fourth-order valence-electron chi connectivity index (χ4n) is 9.82. The van der Waals surface area contributed by atoms with Gasteiger partial charge in [-0.15, -0.1) is 17.8 Å². The summed E-state index contributed by atoms with van der Waals surface area (Å²) in [7, 11) is 0. The molecular formula is C56H37NS. The van der Waals surface area contributed by atoms with Gasteiger partial charge >= 0.3 is 0 Å². The molecule has 0 saturated carbocycles. The Balaban J connectivity index is 1.25. The minimum Gasteiger partial charge on any atom is -0.337 e. The fourth-order valence-corrected chi connectivity index (χ4v) is 11.1. The van der Waals surface area contributed by atoms with E-state index in [2.05, 4.69) is 187 Å². The summed E-state index contributed by atoms with van der Waals surface area (Å²) in [6.45, 7) is 4.64. The van der Waals surface area contributed by atoms with Crippen molar-refractivity contribution in [2.24, 2.45) is 0 Å². The van der Waals surface area contributed by atoms with Gasteiger partial charge in [0.05, 0.1) is 5.41 Å². The van der Waals surface area contributed by atoms with Crippen molar-refractivity contribution in [3.05, 3.63) is 221 Å². The van der Waals surface area contributed by atoms with E-state index in [-0.39, 0.29) is 0 Å². The van der Waals surface area contributed by atoms with E-state index in [1.165, 1.54) is 86.4 Å². The van der Waals surface area contributed by atoms with Crippen molar-refractivity contribution < 1.29 is 0 Å². The van der Waals surface area contributed by atoms with E-state index in [1.54, 1.807) is 0 Å². The third kappa shape index (κ3) is 4.91. The van der Waals surface area contributed by atoms with E-state index in [0.29, 0.717) is 6.54 Å². The van der Waals surface area contributed by atoms with Gasteiger partial charge in [0.1, 0.15) is 0 Å². The van der Waals surface area contributed by atoms with Gasteiger partial charge in [-0.3, -0.25) is 0 Å². The molecule has 0 bridgehead atoms. The number of fused-ring (bicyclic) bond motifs is 10. The zero-order valence-corrected chi connectivity index (χ0v) is 32.6. The topological polar surface area (TPSA) is 3.24 Å². The second kappa shape index (κ2) is 13.5. The maximum atomic E-state index is 5.82. The van der Waals surface area contributed by atoms with Gasteiger partial charge in [0.15, 0.2) is 0 Å². The van der Waals surface area contributed by atoms with Crippen molar-refractivity contribution in [2.75, 3.05) is 11.4 Å². The Kier molecular flexibility index (Phi) is 7.93. The molecule has 58 heavy (non-hydrogen) atoms. The van der Waals surface area contributed by atoms with Crippen LogP contribution in [0.3, 0.4) is 0 Å². The Morgan fingerprint density at radius 3 is 2.19 bits per heavy atom. The Hall–Kier alpha value is -7.18. The van der Waals surface area contributed by atoms with Crippen LogP contribution in [0.4, 0.5) is 11.4 Å². The molecule has 11 rings (SSSR count). The molecule has 0 spiro atoms. The summed E-state index contributed by atoms with van der Waals surface area (Å²) in [6, 6.07) is 58.0. The molecule has 1 heterocycles. The summed E-state index contributed by atoms with van der Waals surface area (Å²) >= 11 is 1.91. The predicted octanol–water partition coefficient (Wildman–Crippen LogP) is 12.8. The van der Waals surface area contributed by atoms with Crippen molar-refractivity contribution in [3.63, 3.8) is 0 Å². The van der Waals surface area contributed by atoms with Crippen molar-refractivity contribution in [2.45, 2.75) is 5.41 Å². The zero-order valence-electron chi connectivity index (χ0n) is 31.8. The molecule has 1 nitrogen and oxygen atoms in total. The van der Waals surface area contributed by atoms with Crippen LogP contribution in [0.2, 0.25) is 0 Å². The molecule has 2 aliphatic rings. The number of nitrogens with zero attached hydrogens (tertiary/aromatic N) is 1. The predicted molar refractivity (Wildman–Crippen MR) is 250 cm³/mol. The highest BCUT2D eigenvalue weighted by atomic mass is 32.1. The molecule has 2 aliphatic carbocycles. The van der Waals surface area contributed by atoms with Crippen LogP contribution in [0.25, 0.3) is 70.6 Å². The molecule has 0 radical (unpaired) electrons. The van der Waals surface area contributed by atoms with Gasteiger partial charge in [-0.25, -0.2) is 0 Å². The van der Waals surface area contributed by atoms with Crippen LogP contribution in [0, 0.1) is 12.3 Å². The molecule has 0 N–H and O–H groups in total. The Morgan fingerprint density at radius 2 is 1.36 bits per heavy atom. The highest BCUT2D eigenvalue weighted by Gasteiger charge is 2.57. The number of thiophene rings is 1. The van der Waals surface area contributed by atoms with Crippen LogP contribution in [-0.2, 0) is 5.41 Å². The average molecular weight is 756 g/mol. The molecule has 0 saturated heterocycles. The summed E-state index contributed by atoms with van der Waals surface area (Å²) in [5, 5.41) is 9.70. The van der Waals surface area contributed by atoms with Gasteiger partial charge in [-0.2, -0.15) is 0 Å². The van der Waals surface area contributed by atoms with E-state index < -0.39 is 5.41 Å². The summed E-state index contributed by atoms with van der Waals surface area (Å²) in [4.78, 5) is 2.51. The van der Waals surface area contributed by atoms with Crippen molar-refractivity contribution in [3.8, 4) is 23.5 Å². The number of hydrogen-bond donors (Lipinski definition) is 0. The van der Waals surface area contributed by atoms with Gasteiger partial charge in [-0.05, 0) is 90.3 Å². The van der Waals surface area contributed by atoms with Crippen molar-refractivity contribution >= 4 is 82.2 Å². The van der Waals surface area contributed by atoms with E-state index >= 15 is 0 Å². The van der Waals surface area contributed by atoms with Crippen LogP contribution in [0.1, 0.15) is 22.3 Å². The normalized spacial score (nSPS) is 16.6. The third-order valence-corrected chi connectivity index (χ3v) is 13.4. The number of anilines is 2. The molecule has 2 heteroatoms. The Labute approximate surface area is 342 Å². The zero-order chi connectivity index (χ0) is 38.8. The molecule has 0 fully saturated rings. The summed E-state index contributed by atoms with van der Waals surface area (Å²) in [6.07, 6.45) is 18.4. The van der Waals surface area contributed by atoms with E-state index in [4.69, 9.17) is 6.42 Å². The van der Waals surface area contributed by atoms with Crippen molar-refractivity contribution in [1.82, 2.24) is 0 Å². The molecule has 9 aromatic rings. The maximum Gasteiger partial charge on any atom is 0.0725 e. The highest BCUT2D eigenvalue weighted by Crippen LogP contribution is 2.69. The first-order chi connectivity index (χ1) is 28.7. The first kappa shape index (κ1) is 34.1. The van der Waals surface area contributed by atoms with E-state index in [1.807, 2.05) is 35.6 Å². The molecule has 1 unspecified atom stereocenters. The Morgan fingerprint density at radius 1 is 0.655 bits per heavy atom. The van der Waals surface area contributed by atoms with E-state index in [0.717, 1.165) is 16.1 Å². The van der Waals surface area contributed by atoms with Gasteiger partial charge in [0, 0.05) is 49.0 Å². The van der Waals surface area contributed by atoms with Gasteiger partial charge in [-0.1, -0.05) is 176 Å². The lowest BCUT2D eigenvalue weighted by Crippen LogP contribution is -2.38. The Bertz CT molecular complexity index is 3410. The molecule has 1 aromatic heterocycles. The summed E-state index contributed by atoms with van der Waals surface area (Å²) in [5.74, 6) is 2.76. The lowest BCUT2D eigenvalue weighted by Gasteiger charge is -2.46. The maximum absolute atomic E-state index is 5.82. The molecule has 8 aromatic carbocycles. The molecule has 272 valence electrons. The molecule has 1 atom stereocenters. The largest absolute Gasteiger partial charge is 0.337 e. The molecular weight excluding hydrogens is 719 g/mol. The van der Waals surface area contributed by atoms with Crippen molar-refractivity contribution in [1.29, 1.82) is 0 Å². The number of rotatable bonds is 7. The lowest BCUT2D eigenvalue weighted by molar-refractivity contribution is 0.773. The number of benzene rings is 8. The van der Waals surface area contributed by atoms with Gasteiger partial charge in [0.2, 0.25) is 0 Å². The fraction of sp³-hybridized carbons (Fsp3) is 0.0357. The smallest absolute Gasteiger partial charge is 0.0725 e. The highest BCUT2D eigenvalue weighted by molar-refractivity contribution is 7.26. The van der Waals surface area contributed by atoms with Crippen LogP contribution < -0.4 is 15.3 Å². The first-order valence-electron chi connectivity index (χ1n) is 19.8. The SMILES string of the molecule is C#C/C=c1/cccc/c1=C/CN(c1cc2c3c(c1)-c1c(ccc4c1sc1ccccc14)C3(c1ccccc1)/C2=C/C=C\C=C)c1cc2ccccc2c2ccccc12. The van der Waals surface area contributed by atoms with Crippen LogP contribution >= 0.6 is 11.3 Å². The van der Waals surface area contributed by atoms with E-state index in [9.17, 15) is 0 Å². The van der Waals surface area contributed by atoms with Gasteiger partial charge in [0.25, 0.3) is 0 Å². The average Bonchev–Trinajstić information content (AvgIpc) is 3.79. The second-order valence-electron chi connectivity index (χ2n) is 15.1. The third-order valence-electron chi connectivity index (χ3n) is 12.2.